The molecule has 6 heteroatoms. The molecule has 0 saturated heterocycles. The molecule has 0 aliphatic heterocycles. The number of methoxy groups -OCH3 is 1. The molecule has 5 nitrogen and oxygen atoms in total. The van der Waals surface area contributed by atoms with Crippen molar-refractivity contribution in [3.05, 3.63) is 56.9 Å². The lowest BCUT2D eigenvalue weighted by Crippen LogP contribution is -2.06. The first-order chi connectivity index (χ1) is 9.65. The Balaban J connectivity index is 1.92. The van der Waals surface area contributed by atoms with Gasteiger partial charge in [-0.3, -0.25) is 9.48 Å². The van der Waals surface area contributed by atoms with Gasteiger partial charge in [0.2, 0.25) is 0 Å². The van der Waals surface area contributed by atoms with Gasteiger partial charge in [0.15, 0.2) is 5.65 Å². The Morgan fingerprint density at radius 2 is 2.10 bits per heavy atom. The molecule has 0 aliphatic carbocycles. The van der Waals surface area contributed by atoms with Gasteiger partial charge in [-0.05, 0) is 39.7 Å². The highest BCUT2D eigenvalue weighted by atomic mass is 79.9. The summed E-state index contributed by atoms with van der Waals surface area (Å²) >= 11 is 3.21. The Morgan fingerprint density at radius 1 is 1.35 bits per heavy atom. The molecule has 0 amide bonds. The van der Waals surface area contributed by atoms with Crippen LogP contribution in [-0.4, -0.2) is 21.9 Å². The Kier molecular flexibility index (Phi) is 3.31. The Hall–Kier alpha value is -2.08. The summed E-state index contributed by atoms with van der Waals surface area (Å²) in [5, 5.41) is 5.26. The lowest BCUT2D eigenvalue weighted by Gasteiger charge is -2.03. The molecule has 3 aromatic rings. The smallest absolute Gasteiger partial charge is 0.263 e. The van der Waals surface area contributed by atoms with Crippen LogP contribution in [0.3, 0.4) is 0 Å². The largest absolute Gasteiger partial charge is 0.497 e. The van der Waals surface area contributed by atoms with Crippen LogP contribution in [0.15, 0.2) is 45.8 Å². The average molecular weight is 334 g/mol. The number of nitrogens with one attached hydrogen (secondary N) is 1. The first-order valence-electron chi connectivity index (χ1n) is 6.04. The fourth-order valence-electron chi connectivity index (χ4n) is 2.01. The van der Waals surface area contributed by atoms with Crippen LogP contribution in [0.25, 0.3) is 11.0 Å². The molecule has 0 saturated carbocycles. The number of aromatic amines is 1. The topological polar surface area (TPSA) is 59.9 Å². The Morgan fingerprint density at radius 3 is 2.80 bits per heavy atom. The molecule has 2 aromatic heterocycles. The first-order valence-corrected chi connectivity index (χ1v) is 6.84. The van der Waals surface area contributed by atoms with Gasteiger partial charge < -0.3 is 9.72 Å². The first kappa shape index (κ1) is 12.9. The maximum absolute atomic E-state index is 11.5. The second-order valence-electron chi connectivity index (χ2n) is 4.43. The molecule has 0 radical (unpaired) electrons. The van der Waals surface area contributed by atoms with Gasteiger partial charge in [-0.2, -0.15) is 5.10 Å². The zero-order chi connectivity index (χ0) is 14.1. The molecule has 0 atom stereocenters. The zero-order valence-electron chi connectivity index (χ0n) is 10.8. The lowest BCUT2D eigenvalue weighted by atomic mass is 10.2. The molecule has 0 aliphatic rings. The van der Waals surface area contributed by atoms with E-state index in [1.807, 2.05) is 30.5 Å². The van der Waals surface area contributed by atoms with Crippen LogP contribution in [0.2, 0.25) is 0 Å². The van der Waals surface area contributed by atoms with Crippen molar-refractivity contribution in [2.75, 3.05) is 7.11 Å². The molecule has 1 aromatic carbocycles. The van der Waals surface area contributed by atoms with Crippen LogP contribution in [0.5, 0.6) is 5.75 Å². The highest BCUT2D eigenvalue weighted by molar-refractivity contribution is 9.10. The number of rotatable bonds is 3. The van der Waals surface area contributed by atoms with Crippen LogP contribution < -0.4 is 10.3 Å². The van der Waals surface area contributed by atoms with E-state index in [0.717, 1.165) is 16.7 Å². The minimum atomic E-state index is -0.174. The van der Waals surface area contributed by atoms with Crippen LogP contribution in [-0.2, 0) is 6.54 Å². The summed E-state index contributed by atoms with van der Waals surface area (Å²) in [7, 11) is 1.64. The van der Waals surface area contributed by atoms with Crippen molar-refractivity contribution in [3.63, 3.8) is 0 Å². The molecule has 0 spiro atoms. The molecular weight excluding hydrogens is 322 g/mol. The third-order valence-electron chi connectivity index (χ3n) is 3.02. The monoisotopic (exact) mass is 333 g/mol. The standard InChI is InChI=1S/C14H12BrN3O2/c1-20-11-4-2-9(3-5-11)7-18-8-10-6-12(15)14(19)16-13(10)17-18/h2-6,8H,7H2,1H3,(H,16,17,19). The summed E-state index contributed by atoms with van der Waals surface area (Å²) in [6.07, 6.45) is 1.90. The van der Waals surface area contributed by atoms with Crippen molar-refractivity contribution in [1.82, 2.24) is 14.8 Å². The van der Waals surface area contributed by atoms with Gasteiger partial charge in [-0.15, -0.1) is 0 Å². The summed E-state index contributed by atoms with van der Waals surface area (Å²) < 4.78 is 7.44. The van der Waals surface area contributed by atoms with E-state index in [1.165, 1.54) is 0 Å². The van der Waals surface area contributed by atoms with Crippen LogP contribution in [0.1, 0.15) is 5.56 Å². The third-order valence-corrected chi connectivity index (χ3v) is 3.61. The lowest BCUT2D eigenvalue weighted by molar-refractivity contribution is 0.414. The molecule has 0 bridgehead atoms. The van der Waals surface area contributed by atoms with E-state index in [1.54, 1.807) is 17.9 Å². The van der Waals surface area contributed by atoms with E-state index < -0.39 is 0 Å². The number of nitrogens with zero attached hydrogens (tertiary/aromatic N) is 2. The van der Waals surface area contributed by atoms with E-state index in [2.05, 4.69) is 26.0 Å². The van der Waals surface area contributed by atoms with E-state index in [9.17, 15) is 4.79 Å². The highest BCUT2D eigenvalue weighted by Crippen LogP contribution is 2.15. The number of fused-ring (bicyclic) bond motifs is 1. The van der Waals surface area contributed by atoms with Gasteiger partial charge in [-0.25, -0.2) is 0 Å². The molecule has 102 valence electrons. The van der Waals surface area contributed by atoms with Gasteiger partial charge >= 0.3 is 0 Å². The number of pyridine rings is 1. The normalized spacial score (nSPS) is 10.9. The molecule has 0 unspecified atom stereocenters. The van der Waals surface area contributed by atoms with Crippen molar-refractivity contribution in [2.45, 2.75) is 6.54 Å². The average Bonchev–Trinajstić information content (AvgIpc) is 2.81. The maximum atomic E-state index is 11.5. The predicted octanol–water partition coefficient (Wildman–Crippen LogP) is 2.54. The molecule has 3 rings (SSSR count). The van der Waals surface area contributed by atoms with E-state index in [0.29, 0.717) is 16.7 Å². The highest BCUT2D eigenvalue weighted by Gasteiger charge is 2.05. The third kappa shape index (κ3) is 2.46. The van der Waals surface area contributed by atoms with Crippen LogP contribution in [0, 0.1) is 0 Å². The van der Waals surface area contributed by atoms with Crippen molar-refractivity contribution < 1.29 is 4.74 Å². The summed E-state index contributed by atoms with van der Waals surface area (Å²) in [4.78, 5) is 14.2. The fourth-order valence-corrected chi connectivity index (χ4v) is 2.35. The fraction of sp³-hybridized carbons (Fsp3) is 0.143. The second-order valence-corrected chi connectivity index (χ2v) is 5.28. The summed E-state index contributed by atoms with van der Waals surface area (Å²) in [5.74, 6) is 0.827. The second kappa shape index (κ2) is 5.13. The molecular formula is C14H12BrN3O2. The maximum Gasteiger partial charge on any atom is 0.263 e. The summed E-state index contributed by atoms with van der Waals surface area (Å²) in [6, 6.07) is 9.58. The summed E-state index contributed by atoms with van der Waals surface area (Å²) in [5.41, 5.74) is 1.53. The quantitative estimate of drug-likeness (QED) is 0.801. The number of halogens is 1. The van der Waals surface area contributed by atoms with Crippen LogP contribution in [0.4, 0.5) is 0 Å². The van der Waals surface area contributed by atoms with E-state index in [-0.39, 0.29) is 5.56 Å². The Labute approximate surface area is 123 Å². The Bertz CT molecular complexity index is 805. The number of benzene rings is 1. The van der Waals surface area contributed by atoms with Gasteiger partial charge in [0, 0.05) is 11.6 Å². The van der Waals surface area contributed by atoms with Gasteiger partial charge in [0.05, 0.1) is 18.1 Å². The van der Waals surface area contributed by atoms with Crippen LogP contribution >= 0.6 is 15.9 Å². The summed E-state index contributed by atoms with van der Waals surface area (Å²) in [6.45, 7) is 0.637. The van der Waals surface area contributed by atoms with Gasteiger partial charge in [0.25, 0.3) is 5.56 Å². The predicted molar refractivity (Wildman–Crippen MR) is 80.1 cm³/mol. The SMILES string of the molecule is COc1ccc(Cn2cc3cc(Br)c(=O)[nH]c3n2)cc1. The van der Waals surface area contributed by atoms with Crippen molar-refractivity contribution in [2.24, 2.45) is 0 Å². The van der Waals surface area contributed by atoms with Crippen molar-refractivity contribution in [3.8, 4) is 5.75 Å². The number of aromatic nitrogens is 3. The minimum absolute atomic E-state index is 0.174. The molecule has 20 heavy (non-hydrogen) atoms. The van der Waals surface area contributed by atoms with E-state index in [4.69, 9.17) is 4.74 Å². The number of H-pyrrole nitrogens is 1. The number of hydrogen-bond acceptors (Lipinski definition) is 3. The van der Waals surface area contributed by atoms with Crippen molar-refractivity contribution in [1.29, 1.82) is 0 Å². The number of ether oxygens (including phenoxy) is 1. The zero-order valence-corrected chi connectivity index (χ0v) is 12.3. The minimum Gasteiger partial charge on any atom is -0.497 e. The molecule has 1 N–H and O–H groups in total. The van der Waals surface area contributed by atoms with E-state index >= 15 is 0 Å². The van der Waals surface area contributed by atoms with Gasteiger partial charge in [-0.1, -0.05) is 12.1 Å². The molecule has 2 heterocycles. The van der Waals surface area contributed by atoms with Gasteiger partial charge in [0.1, 0.15) is 5.75 Å². The molecule has 0 fully saturated rings. The van der Waals surface area contributed by atoms with Crippen molar-refractivity contribution >= 4 is 27.0 Å². The number of hydrogen-bond donors (Lipinski definition) is 1.